The summed E-state index contributed by atoms with van der Waals surface area (Å²) in [6, 6.07) is 0. The molecule has 1 fully saturated rings. The van der Waals surface area contributed by atoms with Gasteiger partial charge in [0, 0.05) is 52.4 Å². The number of nitrogens with one attached hydrogen (secondary N) is 4. The first-order valence-electron chi connectivity index (χ1n) is 13.8. The summed E-state index contributed by atoms with van der Waals surface area (Å²) in [6.07, 6.45) is 0. The fraction of sp³-hybridized carbons (Fsp3) is 0.680. The number of carbonyl (C=O) groups excluding carboxylic acids is 5. The summed E-state index contributed by atoms with van der Waals surface area (Å²) in [7, 11) is 0. The Balaban J connectivity index is 3.13. The molecule has 19 nitrogen and oxygen atoms in total. The molecule has 19 heteroatoms. The lowest BCUT2D eigenvalue weighted by Crippen LogP contribution is -2.52. The van der Waals surface area contributed by atoms with Gasteiger partial charge in [-0.25, -0.2) is 0 Å². The molecule has 1 heterocycles. The van der Waals surface area contributed by atoms with Crippen LogP contribution in [0.5, 0.6) is 0 Å². The van der Waals surface area contributed by atoms with Crippen LogP contribution in [0.15, 0.2) is 0 Å². The van der Waals surface area contributed by atoms with Crippen LogP contribution in [-0.4, -0.2) is 187 Å². The minimum atomic E-state index is -1.22. The summed E-state index contributed by atoms with van der Waals surface area (Å²) in [4.78, 5) is 100. The van der Waals surface area contributed by atoms with E-state index in [2.05, 4.69) is 21.3 Å². The second-order valence-electron chi connectivity index (χ2n) is 10.1. The average molecular weight is 631 g/mol. The molecule has 1 aliphatic heterocycles. The van der Waals surface area contributed by atoms with Gasteiger partial charge >= 0.3 is 17.9 Å². The van der Waals surface area contributed by atoms with E-state index in [4.69, 9.17) is 15.3 Å². The van der Waals surface area contributed by atoms with Crippen LogP contribution in [0, 0.1) is 0 Å². The van der Waals surface area contributed by atoms with Gasteiger partial charge < -0.3 is 36.6 Å². The van der Waals surface area contributed by atoms with Gasteiger partial charge in [0.05, 0.1) is 32.7 Å². The molecule has 0 aromatic rings. The predicted octanol–water partition coefficient (Wildman–Crippen LogP) is -5.48. The van der Waals surface area contributed by atoms with Crippen molar-refractivity contribution in [3.63, 3.8) is 0 Å². The van der Waals surface area contributed by atoms with E-state index in [1.165, 1.54) is 6.92 Å². The zero-order chi connectivity index (χ0) is 33.1. The van der Waals surface area contributed by atoms with Crippen LogP contribution in [0.2, 0.25) is 0 Å². The largest absolute Gasteiger partial charge is 0.480 e. The maximum atomic E-state index is 12.5. The molecule has 0 aliphatic carbocycles. The number of nitrogens with zero attached hydrogens (tertiary/aromatic N) is 4. The molecule has 0 aromatic heterocycles. The van der Waals surface area contributed by atoms with Crippen molar-refractivity contribution in [3.05, 3.63) is 0 Å². The maximum absolute atomic E-state index is 12.5. The van der Waals surface area contributed by atoms with E-state index in [0.29, 0.717) is 0 Å². The Morgan fingerprint density at radius 1 is 0.432 bits per heavy atom. The van der Waals surface area contributed by atoms with Gasteiger partial charge in [0.15, 0.2) is 0 Å². The van der Waals surface area contributed by atoms with Crippen molar-refractivity contribution in [1.82, 2.24) is 40.9 Å². The van der Waals surface area contributed by atoms with Crippen molar-refractivity contribution in [2.75, 3.05) is 105 Å². The number of carboxylic acid groups (broad SMARTS) is 3. The molecule has 0 radical (unpaired) electrons. The van der Waals surface area contributed by atoms with E-state index in [9.17, 15) is 38.4 Å². The summed E-state index contributed by atoms with van der Waals surface area (Å²) >= 11 is 0. The van der Waals surface area contributed by atoms with E-state index in [1.54, 1.807) is 19.6 Å². The molecule has 1 rings (SSSR count). The number of Topliss-reactive ketones (excluding diaryl/α,β-unsaturated/α-hetero) is 1. The third kappa shape index (κ3) is 19.1. The number of amides is 4. The van der Waals surface area contributed by atoms with Gasteiger partial charge in [-0.2, -0.15) is 0 Å². The van der Waals surface area contributed by atoms with Crippen molar-refractivity contribution < 1.29 is 53.7 Å². The fourth-order valence-electron chi connectivity index (χ4n) is 3.99. The number of carboxylic acids is 3. The second kappa shape index (κ2) is 20.7. The molecule has 1 aliphatic rings. The standard InChI is InChI=1S/C25H42N8O11/c1-18(34)10-26-19(35)14-30-2-4-31(15-20(36)27-11-23(39)40)6-8-33(17-22(38)29-13-25(43)44)9-7-32(5-3-30)16-21(37)28-12-24(41)42/h2-17H2,1H3,(H,26,35)(H,27,36)(H,28,37)(H,29,38)(H,39,40)(H,41,42)(H,43,44). The highest BCUT2D eigenvalue weighted by Crippen LogP contribution is 2.02. The zero-order valence-corrected chi connectivity index (χ0v) is 24.7. The fourth-order valence-corrected chi connectivity index (χ4v) is 3.99. The van der Waals surface area contributed by atoms with Gasteiger partial charge in [0.25, 0.3) is 0 Å². The number of rotatable bonds is 16. The average Bonchev–Trinajstić information content (AvgIpc) is 2.93. The van der Waals surface area contributed by atoms with Gasteiger partial charge in [-0.1, -0.05) is 0 Å². The maximum Gasteiger partial charge on any atom is 0.322 e. The minimum absolute atomic E-state index is 0.0960. The van der Waals surface area contributed by atoms with Crippen LogP contribution in [0.25, 0.3) is 0 Å². The number of carbonyl (C=O) groups is 8. The van der Waals surface area contributed by atoms with E-state index >= 15 is 0 Å². The zero-order valence-electron chi connectivity index (χ0n) is 24.7. The summed E-state index contributed by atoms with van der Waals surface area (Å²) in [5.41, 5.74) is 0. The molecular weight excluding hydrogens is 588 g/mol. The highest BCUT2D eigenvalue weighted by atomic mass is 16.4. The summed E-state index contributed by atoms with van der Waals surface area (Å²) in [6.45, 7) is 0.781. The Bertz CT molecular complexity index is 866. The topological polar surface area (TPSA) is 258 Å². The van der Waals surface area contributed by atoms with E-state index in [1.807, 2.05) is 0 Å². The van der Waals surface area contributed by atoms with Gasteiger partial charge in [-0.3, -0.25) is 58.0 Å². The van der Waals surface area contributed by atoms with Crippen LogP contribution in [-0.2, 0) is 38.4 Å². The molecule has 0 atom stereocenters. The highest BCUT2D eigenvalue weighted by molar-refractivity contribution is 5.85. The van der Waals surface area contributed by atoms with Crippen molar-refractivity contribution in [2.45, 2.75) is 6.92 Å². The molecule has 4 amide bonds. The van der Waals surface area contributed by atoms with Crippen LogP contribution >= 0.6 is 0 Å². The third-order valence-corrected chi connectivity index (χ3v) is 6.24. The minimum Gasteiger partial charge on any atom is -0.480 e. The number of hydrogen-bond acceptors (Lipinski definition) is 12. The Hall–Kier alpha value is -4.20. The Morgan fingerprint density at radius 3 is 0.818 bits per heavy atom. The Morgan fingerprint density at radius 2 is 0.636 bits per heavy atom. The molecule has 0 aromatic carbocycles. The van der Waals surface area contributed by atoms with E-state index in [-0.39, 0.29) is 90.9 Å². The molecule has 0 saturated carbocycles. The smallest absolute Gasteiger partial charge is 0.322 e. The van der Waals surface area contributed by atoms with Crippen molar-refractivity contribution in [3.8, 4) is 0 Å². The van der Waals surface area contributed by atoms with Gasteiger partial charge in [0.2, 0.25) is 23.6 Å². The lowest BCUT2D eigenvalue weighted by molar-refractivity contribution is -0.138. The summed E-state index contributed by atoms with van der Waals surface area (Å²) in [5.74, 6) is -5.94. The quantitative estimate of drug-likeness (QED) is 0.0839. The Kier molecular flexibility index (Phi) is 17.8. The normalized spacial score (nSPS) is 16.0. The molecule has 1 saturated heterocycles. The van der Waals surface area contributed by atoms with Gasteiger partial charge in [-0.15, -0.1) is 0 Å². The molecule has 248 valence electrons. The van der Waals surface area contributed by atoms with Crippen LogP contribution < -0.4 is 21.3 Å². The summed E-state index contributed by atoms with van der Waals surface area (Å²) < 4.78 is 0. The van der Waals surface area contributed by atoms with Gasteiger partial charge in [-0.05, 0) is 6.92 Å². The lowest BCUT2D eigenvalue weighted by atomic mass is 10.3. The number of ketones is 1. The van der Waals surface area contributed by atoms with Crippen LogP contribution in [0.3, 0.4) is 0 Å². The number of aliphatic carboxylic acids is 3. The molecule has 0 bridgehead atoms. The monoisotopic (exact) mass is 630 g/mol. The second-order valence-corrected chi connectivity index (χ2v) is 10.1. The first kappa shape index (κ1) is 37.8. The van der Waals surface area contributed by atoms with Crippen LogP contribution in [0.1, 0.15) is 6.92 Å². The molecule has 7 N–H and O–H groups in total. The Labute approximate surface area is 253 Å². The van der Waals surface area contributed by atoms with Crippen molar-refractivity contribution in [2.24, 2.45) is 0 Å². The van der Waals surface area contributed by atoms with E-state index < -0.39 is 61.2 Å². The van der Waals surface area contributed by atoms with Gasteiger partial charge in [0.1, 0.15) is 25.4 Å². The van der Waals surface area contributed by atoms with E-state index in [0.717, 1.165) is 0 Å². The van der Waals surface area contributed by atoms with Crippen molar-refractivity contribution >= 4 is 47.3 Å². The SMILES string of the molecule is CC(=O)CNC(=O)CN1CCN(CC(=O)NCC(=O)O)CCN(CC(=O)NCC(=O)O)CCN(CC(=O)NCC(=O)O)CC1. The highest BCUT2D eigenvalue weighted by Gasteiger charge is 2.22. The molecule has 0 unspecified atom stereocenters. The number of hydrogen-bond donors (Lipinski definition) is 7. The predicted molar refractivity (Wildman–Crippen MR) is 151 cm³/mol. The molecule has 0 spiro atoms. The summed E-state index contributed by atoms with van der Waals surface area (Å²) in [5, 5.41) is 36.0. The molecule has 44 heavy (non-hydrogen) atoms. The first-order chi connectivity index (χ1) is 20.7. The third-order valence-electron chi connectivity index (χ3n) is 6.24. The van der Waals surface area contributed by atoms with Crippen LogP contribution in [0.4, 0.5) is 0 Å². The first-order valence-corrected chi connectivity index (χ1v) is 13.8. The van der Waals surface area contributed by atoms with Crippen molar-refractivity contribution in [1.29, 1.82) is 0 Å². The molecular formula is C25H42N8O11. The lowest BCUT2D eigenvalue weighted by Gasteiger charge is -2.33.